The van der Waals surface area contributed by atoms with Crippen LogP contribution in [0.3, 0.4) is 0 Å². The largest absolute Gasteiger partial charge is 0.492 e. The zero-order chi connectivity index (χ0) is 26.3. The van der Waals surface area contributed by atoms with E-state index in [2.05, 4.69) is 4.98 Å². The Balaban J connectivity index is 1.17. The fraction of sp³-hybridized carbons (Fsp3) is 0.516. The number of hydrogen-bond acceptors (Lipinski definition) is 5. The number of benzene rings is 2. The van der Waals surface area contributed by atoms with Crippen molar-refractivity contribution in [3.8, 4) is 5.75 Å². The maximum atomic E-state index is 13.6. The smallest absolute Gasteiger partial charge is 0.317 e. The van der Waals surface area contributed by atoms with Gasteiger partial charge < -0.3 is 14.0 Å². The van der Waals surface area contributed by atoms with Crippen LogP contribution in [0.25, 0.3) is 11.0 Å². The quantitative estimate of drug-likeness (QED) is 0.239. The highest BCUT2D eigenvalue weighted by atomic mass is 35.5. The Morgan fingerprint density at radius 2 is 1.89 bits per heavy atom. The van der Waals surface area contributed by atoms with E-state index in [1.165, 1.54) is 12.8 Å². The number of ether oxygens (including phenoxy) is 2. The lowest BCUT2D eigenvalue weighted by Gasteiger charge is -2.43. The van der Waals surface area contributed by atoms with Gasteiger partial charge in [0.2, 0.25) is 0 Å². The van der Waals surface area contributed by atoms with Gasteiger partial charge in [0.15, 0.2) is 5.78 Å². The maximum absolute atomic E-state index is 13.6. The van der Waals surface area contributed by atoms with Gasteiger partial charge in [-0.2, -0.15) is 0 Å². The van der Waals surface area contributed by atoms with Gasteiger partial charge in [-0.25, -0.2) is 4.98 Å². The second-order valence-electron chi connectivity index (χ2n) is 11.5. The van der Waals surface area contributed by atoms with E-state index in [9.17, 15) is 9.59 Å². The molecule has 2 saturated carbocycles. The molecule has 0 N–H and O–H groups in total. The number of nitrogens with zero attached hydrogens (tertiary/aromatic N) is 2. The first-order chi connectivity index (χ1) is 18.4. The summed E-state index contributed by atoms with van der Waals surface area (Å²) >= 11 is 6.53. The molecule has 3 aliphatic rings. The number of Topliss-reactive ketones (excluding diaryl/α,β-unsaturated/α-hetero) is 1. The van der Waals surface area contributed by atoms with Gasteiger partial charge in [-0.15, -0.1) is 0 Å². The van der Waals surface area contributed by atoms with Crippen LogP contribution in [0.5, 0.6) is 5.75 Å². The number of para-hydroxylation sites is 2. The summed E-state index contributed by atoms with van der Waals surface area (Å²) in [5, 5.41) is 0.609. The van der Waals surface area contributed by atoms with E-state index in [-0.39, 0.29) is 24.5 Å². The van der Waals surface area contributed by atoms with Crippen molar-refractivity contribution in [1.82, 2.24) is 9.55 Å². The molecule has 6 nitrogen and oxygen atoms in total. The van der Waals surface area contributed by atoms with Crippen molar-refractivity contribution < 1.29 is 19.1 Å². The van der Waals surface area contributed by atoms with Crippen LogP contribution in [0.2, 0.25) is 5.02 Å². The molecule has 3 fully saturated rings. The molecule has 200 valence electrons. The molecule has 1 aliphatic heterocycles. The zero-order valence-electron chi connectivity index (χ0n) is 22.0. The standard InChI is InChI=1S/C31H35ClN2O4/c1-34-26-9-5-4-8-25(26)33-29(34)17-23-27(35)18-31(38-30(23)36,22-6-2-3-7-22)15-14-20-12-13-28(24(32)16-20)37-19-21-10-11-21/h4-5,8-9,12-13,16,21-23H,2-3,6-7,10-11,14-15,17-19H2,1H3. The molecule has 1 aromatic heterocycles. The van der Waals surface area contributed by atoms with Gasteiger partial charge >= 0.3 is 5.97 Å². The molecule has 6 rings (SSSR count). The number of hydrogen-bond donors (Lipinski definition) is 0. The van der Waals surface area contributed by atoms with E-state index in [1.54, 1.807) is 0 Å². The Kier molecular flexibility index (Phi) is 6.93. The third-order valence-corrected chi connectivity index (χ3v) is 9.12. The Morgan fingerprint density at radius 1 is 1.11 bits per heavy atom. The first-order valence-electron chi connectivity index (χ1n) is 14.0. The average Bonchev–Trinajstić information content (AvgIpc) is 3.45. The summed E-state index contributed by atoms with van der Waals surface area (Å²) < 4.78 is 14.2. The topological polar surface area (TPSA) is 70.4 Å². The summed E-state index contributed by atoms with van der Waals surface area (Å²) in [6, 6.07) is 13.8. The predicted molar refractivity (Wildman–Crippen MR) is 146 cm³/mol. The lowest BCUT2D eigenvalue weighted by atomic mass is 9.73. The number of aromatic nitrogens is 2. The number of halogens is 1. The number of carbonyl (C=O) groups excluding carboxylic acids is 2. The maximum Gasteiger partial charge on any atom is 0.317 e. The molecular formula is C31H35ClN2O4. The fourth-order valence-electron chi connectivity index (χ4n) is 6.30. The lowest BCUT2D eigenvalue weighted by Crippen LogP contribution is -2.52. The van der Waals surface area contributed by atoms with Gasteiger partial charge in [0.25, 0.3) is 0 Å². The second-order valence-corrected chi connectivity index (χ2v) is 11.9. The molecule has 2 aromatic carbocycles. The van der Waals surface area contributed by atoms with Crippen molar-refractivity contribution in [2.24, 2.45) is 24.8 Å². The van der Waals surface area contributed by atoms with Gasteiger partial charge in [0, 0.05) is 19.9 Å². The lowest BCUT2D eigenvalue weighted by molar-refractivity contribution is -0.185. The van der Waals surface area contributed by atoms with Gasteiger partial charge in [0.05, 0.1) is 22.7 Å². The molecule has 1 saturated heterocycles. The summed E-state index contributed by atoms with van der Waals surface area (Å²) in [5.74, 6) is 1.09. The van der Waals surface area contributed by atoms with Crippen molar-refractivity contribution in [2.75, 3.05) is 6.61 Å². The van der Waals surface area contributed by atoms with Crippen LogP contribution in [-0.4, -0.2) is 33.5 Å². The van der Waals surface area contributed by atoms with Crippen LogP contribution >= 0.6 is 11.6 Å². The number of imidazole rings is 1. The van der Waals surface area contributed by atoms with Crippen LogP contribution in [-0.2, 0) is 34.2 Å². The minimum Gasteiger partial charge on any atom is -0.492 e. The molecule has 38 heavy (non-hydrogen) atoms. The number of rotatable bonds is 9. The fourth-order valence-corrected chi connectivity index (χ4v) is 6.56. The van der Waals surface area contributed by atoms with Crippen molar-refractivity contribution in [3.63, 3.8) is 0 Å². The summed E-state index contributed by atoms with van der Waals surface area (Å²) in [7, 11) is 1.93. The number of aryl methyl sites for hydroxylation is 2. The van der Waals surface area contributed by atoms with Crippen LogP contribution < -0.4 is 4.74 Å². The molecule has 2 atom stereocenters. The van der Waals surface area contributed by atoms with Crippen LogP contribution in [0, 0.1) is 17.8 Å². The molecule has 2 heterocycles. The first kappa shape index (κ1) is 25.4. The highest BCUT2D eigenvalue weighted by Crippen LogP contribution is 2.45. The normalized spacial score (nSPS) is 24.2. The number of ketones is 1. The first-order valence-corrected chi connectivity index (χ1v) is 14.4. The second kappa shape index (κ2) is 10.4. The highest BCUT2D eigenvalue weighted by Gasteiger charge is 2.51. The molecule has 0 spiro atoms. The molecule has 0 amide bonds. The van der Waals surface area contributed by atoms with E-state index in [0.717, 1.165) is 60.5 Å². The molecule has 7 heteroatoms. The van der Waals surface area contributed by atoms with Crippen LogP contribution in [0.4, 0.5) is 0 Å². The van der Waals surface area contributed by atoms with E-state index < -0.39 is 17.5 Å². The van der Waals surface area contributed by atoms with Gasteiger partial charge in [-0.1, -0.05) is 42.6 Å². The number of cyclic esters (lactones) is 1. The number of fused-ring (bicyclic) bond motifs is 1. The summed E-state index contributed by atoms with van der Waals surface area (Å²) in [6.45, 7) is 0.720. The van der Waals surface area contributed by atoms with Crippen LogP contribution in [0.15, 0.2) is 42.5 Å². The third-order valence-electron chi connectivity index (χ3n) is 8.82. The summed E-state index contributed by atoms with van der Waals surface area (Å²) in [6.07, 6.45) is 8.51. The monoisotopic (exact) mass is 534 g/mol. The number of esters is 1. The molecule has 2 aliphatic carbocycles. The summed E-state index contributed by atoms with van der Waals surface area (Å²) in [4.78, 5) is 31.7. The Hall–Kier alpha value is -2.86. The molecular weight excluding hydrogens is 500 g/mol. The van der Waals surface area contributed by atoms with Gasteiger partial charge in [-0.05, 0) is 80.2 Å². The Bertz CT molecular complexity index is 1340. The molecule has 2 unspecified atom stereocenters. The Labute approximate surface area is 228 Å². The predicted octanol–water partition coefficient (Wildman–Crippen LogP) is 6.25. The highest BCUT2D eigenvalue weighted by molar-refractivity contribution is 6.32. The molecule has 0 bridgehead atoms. The SMILES string of the molecule is Cn1c(CC2C(=O)CC(CCc3ccc(OCC4CC4)c(Cl)c3)(C3CCCC3)OC2=O)nc2ccccc21. The number of carbonyl (C=O) groups is 2. The molecule has 3 aromatic rings. The van der Waals surface area contributed by atoms with Crippen molar-refractivity contribution in [2.45, 2.75) is 69.8 Å². The average molecular weight is 535 g/mol. The zero-order valence-corrected chi connectivity index (χ0v) is 22.7. The van der Waals surface area contributed by atoms with E-state index in [1.807, 2.05) is 54.1 Å². The van der Waals surface area contributed by atoms with E-state index in [4.69, 9.17) is 21.1 Å². The minimum absolute atomic E-state index is 0.0259. The van der Waals surface area contributed by atoms with Crippen molar-refractivity contribution in [1.29, 1.82) is 0 Å². The van der Waals surface area contributed by atoms with E-state index in [0.29, 0.717) is 23.8 Å². The third kappa shape index (κ3) is 5.07. The van der Waals surface area contributed by atoms with Crippen LogP contribution in [0.1, 0.15) is 62.8 Å². The van der Waals surface area contributed by atoms with Gasteiger partial charge in [0.1, 0.15) is 23.1 Å². The molecule has 0 radical (unpaired) electrons. The summed E-state index contributed by atoms with van der Waals surface area (Å²) in [5.41, 5.74) is 2.17. The minimum atomic E-state index is -0.808. The van der Waals surface area contributed by atoms with Gasteiger partial charge in [-0.3, -0.25) is 9.59 Å². The van der Waals surface area contributed by atoms with Crippen molar-refractivity contribution in [3.05, 3.63) is 58.9 Å². The van der Waals surface area contributed by atoms with Crippen molar-refractivity contribution >= 4 is 34.4 Å². The Morgan fingerprint density at radius 3 is 2.61 bits per heavy atom. The van der Waals surface area contributed by atoms with E-state index >= 15 is 0 Å².